The van der Waals surface area contributed by atoms with Crippen LogP contribution in [-0.2, 0) is 0 Å². The summed E-state index contributed by atoms with van der Waals surface area (Å²) in [6.07, 6.45) is 0. The van der Waals surface area contributed by atoms with Crippen molar-refractivity contribution in [3.63, 3.8) is 0 Å². The second kappa shape index (κ2) is 4.88. The fourth-order valence-electron chi connectivity index (χ4n) is 2.01. The molecule has 2 N–H and O–H groups in total. The Kier molecular flexibility index (Phi) is 3.19. The lowest BCUT2D eigenvalue weighted by Crippen LogP contribution is -1.98. The number of halogens is 2. The number of hydrogen-bond donors (Lipinski definition) is 2. The molecule has 0 amide bonds. The van der Waals surface area contributed by atoms with E-state index in [9.17, 15) is 9.90 Å². The zero-order valence-electron chi connectivity index (χ0n) is 9.89. The second-order valence-corrected chi connectivity index (χ2v) is 5.41. The second-order valence-electron chi connectivity index (χ2n) is 4.10. The van der Waals surface area contributed by atoms with Crippen molar-refractivity contribution in [3.05, 3.63) is 45.7 Å². The highest BCUT2D eigenvalue weighted by molar-refractivity contribution is 9.10. The van der Waals surface area contributed by atoms with E-state index < -0.39 is 5.97 Å². The van der Waals surface area contributed by atoms with Gasteiger partial charge in [-0.1, -0.05) is 39.7 Å². The predicted octanol–water partition coefficient (Wildman–Crippen LogP) is 3.74. The Labute approximate surface area is 126 Å². The van der Waals surface area contributed by atoms with Gasteiger partial charge in [-0.15, -0.1) is 0 Å². The molecule has 3 aromatic rings. The van der Waals surface area contributed by atoms with E-state index in [4.69, 9.17) is 11.6 Å². The third kappa shape index (κ3) is 2.17. The third-order valence-corrected chi connectivity index (χ3v) is 3.50. The van der Waals surface area contributed by atoms with Crippen molar-refractivity contribution in [2.75, 3.05) is 0 Å². The van der Waals surface area contributed by atoms with Crippen LogP contribution in [0, 0.1) is 0 Å². The van der Waals surface area contributed by atoms with Crippen LogP contribution in [0.25, 0.3) is 22.2 Å². The summed E-state index contributed by atoms with van der Waals surface area (Å²) in [5.74, 6) is -1.11. The normalized spacial score (nSPS) is 10.9. The SMILES string of the molecule is O=C(O)c1n[nH]c2cc(Cl)nc(-c3cccc(Br)c3)c12. The molecule has 0 bridgehead atoms. The molecule has 100 valence electrons. The van der Waals surface area contributed by atoms with Gasteiger partial charge in [0.05, 0.1) is 16.6 Å². The van der Waals surface area contributed by atoms with Crippen molar-refractivity contribution >= 4 is 44.4 Å². The summed E-state index contributed by atoms with van der Waals surface area (Å²) in [6, 6.07) is 8.95. The smallest absolute Gasteiger partial charge is 0.357 e. The molecule has 0 aliphatic carbocycles. The van der Waals surface area contributed by atoms with E-state index in [1.54, 1.807) is 6.07 Å². The number of rotatable bonds is 2. The number of hydrogen-bond acceptors (Lipinski definition) is 3. The maximum atomic E-state index is 11.3. The fourth-order valence-corrected chi connectivity index (χ4v) is 2.61. The molecule has 0 radical (unpaired) electrons. The average molecular weight is 353 g/mol. The lowest BCUT2D eigenvalue weighted by Gasteiger charge is -2.05. The lowest BCUT2D eigenvalue weighted by molar-refractivity contribution is 0.0692. The minimum absolute atomic E-state index is 0.0702. The maximum Gasteiger partial charge on any atom is 0.357 e. The van der Waals surface area contributed by atoms with Crippen molar-refractivity contribution in [2.45, 2.75) is 0 Å². The molecule has 0 atom stereocenters. The number of fused-ring (bicyclic) bond motifs is 1. The van der Waals surface area contributed by atoms with Gasteiger partial charge in [0.25, 0.3) is 0 Å². The Morgan fingerprint density at radius 2 is 2.15 bits per heavy atom. The number of aromatic carboxylic acids is 1. The van der Waals surface area contributed by atoms with Gasteiger partial charge in [0.15, 0.2) is 5.69 Å². The van der Waals surface area contributed by atoms with Gasteiger partial charge in [-0.25, -0.2) is 9.78 Å². The van der Waals surface area contributed by atoms with Gasteiger partial charge >= 0.3 is 5.97 Å². The minimum atomic E-state index is -1.11. The Bertz CT molecular complexity index is 832. The highest BCUT2D eigenvalue weighted by Gasteiger charge is 2.19. The molecule has 3 rings (SSSR count). The Morgan fingerprint density at radius 1 is 1.35 bits per heavy atom. The lowest BCUT2D eigenvalue weighted by atomic mass is 10.1. The van der Waals surface area contributed by atoms with Crippen molar-refractivity contribution in [2.24, 2.45) is 0 Å². The molecular formula is C13H7BrClN3O2. The first-order valence-electron chi connectivity index (χ1n) is 5.60. The zero-order chi connectivity index (χ0) is 14.3. The number of benzene rings is 1. The van der Waals surface area contributed by atoms with Gasteiger partial charge in [0.2, 0.25) is 0 Å². The number of nitrogens with zero attached hydrogens (tertiary/aromatic N) is 2. The van der Waals surface area contributed by atoms with Crippen LogP contribution in [0.4, 0.5) is 0 Å². The van der Waals surface area contributed by atoms with E-state index in [1.165, 1.54) is 0 Å². The van der Waals surface area contributed by atoms with E-state index in [0.29, 0.717) is 16.6 Å². The number of H-pyrrole nitrogens is 1. The van der Waals surface area contributed by atoms with Crippen molar-refractivity contribution in [1.29, 1.82) is 0 Å². The van der Waals surface area contributed by atoms with E-state index in [0.717, 1.165) is 10.0 Å². The minimum Gasteiger partial charge on any atom is -0.476 e. The van der Waals surface area contributed by atoms with E-state index in [-0.39, 0.29) is 10.8 Å². The van der Waals surface area contributed by atoms with Crippen LogP contribution in [0.15, 0.2) is 34.8 Å². The topological polar surface area (TPSA) is 78.9 Å². The molecule has 0 saturated heterocycles. The summed E-state index contributed by atoms with van der Waals surface area (Å²) in [7, 11) is 0. The summed E-state index contributed by atoms with van der Waals surface area (Å²) in [5.41, 5.74) is 1.72. The first-order chi connectivity index (χ1) is 9.56. The van der Waals surface area contributed by atoms with Gasteiger partial charge in [-0.05, 0) is 12.1 Å². The average Bonchev–Trinajstić information content (AvgIpc) is 2.81. The highest BCUT2D eigenvalue weighted by Crippen LogP contribution is 2.31. The van der Waals surface area contributed by atoms with Crippen LogP contribution in [0.1, 0.15) is 10.5 Å². The molecule has 1 aromatic carbocycles. The zero-order valence-corrected chi connectivity index (χ0v) is 12.2. The van der Waals surface area contributed by atoms with Crippen LogP contribution in [0.2, 0.25) is 5.15 Å². The quantitative estimate of drug-likeness (QED) is 0.689. The maximum absolute atomic E-state index is 11.3. The molecule has 2 aromatic heterocycles. The van der Waals surface area contributed by atoms with Gasteiger partial charge in [0, 0.05) is 16.1 Å². The molecule has 0 aliphatic heterocycles. The van der Waals surface area contributed by atoms with Crippen LogP contribution in [0.3, 0.4) is 0 Å². The Morgan fingerprint density at radius 3 is 2.85 bits per heavy atom. The van der Waals surface area contributed by atoms with E-state index in [2.05, 4.69) is 31.1 Å². The highest BCUT2D eigenvalue weighted by atomic mass is 79.9. The molecule has 5 nitrogen and oxygen atoms in total. The molecule has 0 spiro atoms. The van der Waals surface area contributed by atoms with Gasteiger partial charge < -0.3 is 5.11 Å². The standard InChI is InChI=1S/C13H7BrClN3O2/c14-7-3-1-2-6(4-7)11-10-8(5-9(15)16-11)17-18-12(10)13(19)20/h1-5H,(H,17,18)(H,19,20). The monoisotopic (exact) mass is 351 g/mol. The molecular weight excluding hydrogens is 346 g/mol. The Balaban J connectivity index is 2.39. The summed E-state index contributed by atoms with van der Waals surface area (Å²) < 4.78 is 0.866. The first kappa shape index (κ1) is 13.1. The summed E-state index contributed by atoms with van der Waals surface area (Å²) >= 11 is 9.36. The van der Waals surface area contributed by atoms with Crippen molar-refractivity contribution in [3.8, 4) is 11.3 Å². The van der Waals surface area contributed by atoms with Gasteiger partial charge in [-0.3, -0.25) is 5.10 Å². The number of carboxylic acid groups (broad SMARTS) is 1. The summed E-state index contributed by atoms with van der Waals surface area (Å²) in [6.45, 7) is 0. The molecule has 0 fully saturated rings. The number of aromatic nitrogens is 3. The molecule has 0 unspecified atom stereocenters. The first-order valence-corrected chi connectivity index (χ1v) is 6.77. The molecule has 0 aliphatic rings. The fraction of sp³-hybridized carbons (Fsp3) is 0. The van der Waals surface area contributed by atoms with Crippen molar-refractivity contribution in [1.82, 2.24) is 15.2 Å². The van der Waals surface area contributed by atoms with Gasteiger partial charge in [0.1, 0.15) is 5.15 Å². The number of carboxylic acids is 1. The summed E-state index contributed by atoms with van der Waals surface area (Å²) in [5, 5.41) is 16.4. The predicted molar refractivity (Wildman–Crippen MR) is 79.0 cm³/mol. The molecule has 0 saturated carbocycles. The molecule has 20 heavy (non-hydrogen) atoms. The van der Waals surface area contributed by atoms with E-state index >= 15 is 0 Å². The number of pyridine rings is 1. The van der Waals surface area contributed by atoms with Gasteiger partial charge in [-0.2, -0.15) is 5.10 Å². The molecule has 2 heterocycles. The van der Waals surface area contributed by atoms with Crippen LogP contribution >= 0.6 is 27.5 Å². The third-order valence-electron chi connectivity index (χ3n) is 2.81. The van der Waals surface area contributed by atoms with Crippen molar-refractivity contribution < 1.29 is 9.90 Å². The summed E-state index contributed by atoms with van der Waals surface area (Å²) in [4.78, 5) is 15.5. The Hall–Kier alpha value is -1.92. The van der Waals surface area contributed by atoms with Crippen LogP contribution in [0.5, 0.6) is 0 Å². The number of aromatic amines is 1. The number of nitrogens with one attached hydrogen (secondary N) is 1. The largest absolute Gasteiger partial charge is 0.476 e. The van der Waals surface area contributed by atoms with E-state index in [1.807, 2.05) is 24.3 Å². The van der Waals surface area contributed by atoms with Crippen LogP contribution in [-0.4, -0.2) is 26.3 Å². The molecule has 7 heteroatoms. The van der Waals surface area contributed by atoms with Crippen LogP contribution < -0.4 is 0 Å². The number of carbonyl (C=O) groups is 1.